The van der Waals surface area contributed by atoms with Crippen LogP contribution in [-0.2, 0) is 21.3 Å². The van der Waals surface area contributed by atoms with Crippen LogP contribution in [0.25, 0.3) is 11.3 Å². The largest absolute Gasteiger partial charge is 0.465 e. The van der Waals surface area contributed by atoms with E-state index in [1.165, 1.54) is 24.5 Å². The van der Waals surface area contributed by atoms with Gasteiger partial charge in [0.15, 0.2) is 0 Å². The van der Waals surface area contributed by atoms with Crippen LogP contribution in [0.5, 0.6) is 0 Å². The average molecular weight is 383 g/mol. The smallest absolute Gasteiger partial charge is 0.349 e. The molecule has 3 aromatic rings. The van der Waals surface area contributed by atoms with Crippen LogP contribution in [0.15, 0.2) is 50.6 Å². The van der Waals surface area contributed by atoms with Crippen molar-refractivity contribution in [3.8, 4) is 11.3 Å². The quantitative estimate of drug-likeness (QED) is 0.660. The first-order chi connectivity index (χ1) is 11.5. The number of thiophene rings is 2. The summed E-state index contributed by atoms with van der Waals surface area (Å²) in [4.78, 5) is 12.5. The Morgan fingerprint density at radius 1 is 1.33 bits per heavy atom. The highest BCUT2D eigenvalue weighted by atomic mass is 32.2. The first kappa shape index (κ1) is 16.9. The number of furan rings is 1. The van der Waals surface area contributed by atoms with Crippen LogP contribution in [0.1, 0.15) is 14.5 Å². The highest BCUT2D eigenvalue weighted by molar-refractivity contribution is 7.89. The van der Waals surface area contributed by atoms with Gasteiger partial charge in [-0.05, 0) is 29.6 Å². The Kier molecular flexibility index (Phi) is 4.86. The minimum atomic E-state index is -3.80. The van der Waals surface area contributed by atoms with E-state index >= 15 is 0 Å². The first-order valence-electron chi connectivity index (χ1n) is 6.78. The van der Waals surface area contributed by atoms with Gasteiger partial charge >= 0.3 is 5.97 Å². The molecule has 9 heteroatoms. The maximum atomic E-state index is 12.4. The Morgan fingerprint density at radius 3 is 2.88 bits per heavy atom. The predicted molar refractivity (Wildman–Crippen MR) is 91.7 cm³/mol. The van der Waals surface area contributed by atoms with Crippen molar-refractivity contribution in [2.24, 2.45) is 0 Å². The van der Waals surface area contributed by atoms with Crippen molar-refractivity contribution in [2.75, 3.05) is 7.11 Å². The number of carbonyl (C=O) groups excluding carboxylic acids is 1. The minimum Gasteiger partial charge on any atom is -0.465 e. The van der Waals surface area contributed by atoms with E-state index in [0.29, 0.717) is 0 Å². The topological polar surface area (TPSA) is 85.6 Å². The molecule has 1 N–H and O–H groups in total. The fraction of sp³-hybridized carbons (Fsp3) is 0.133. The highest BCUT2D eigenvalue weighted by Crippen LogP contribution is 2.27. The molecule has 3 aromatic heterocycles. The summed E-state index contributed by atoms with van der Waals surface area (Å²) in [6.45, 7) is 0.129. The summed E-state index contributed by atoms with van der Waals surface area (Å²) in [7, 11) is -2.59. The maximum absolute atomic E-state index is 12.4. The third kappa shape index (κ3) is 3.44. The molecule has 126 valence electrons. The maximum Gasteiger partial charge on any atom is 0.349 e. The molecule has 3 rings (SSSR count). The fourth-order valence-electron chi connectivity index (χ4n) is 2.04. The lowest BCUT2D eigenvalue weighted by Gasteiger charge is -2.05. The van der Waals surface area contributed by atoms with E-state index in [0.717, 1.165) is 27.5 Å². The number of methoxy groups -OCH3 is 1. The van der Waals surface area contributed by atoms with Crippen molar-refractivity contribution in [2.45, 2.75) is 11.4 Å². The van der Waals surface area contributed by atoms with Gasteiger partial charge in [-0.15, -0.1) is 22.7 Å². The van der Waals surface area contributed by atoms with E-state index in [9.17, 15) is 13.2 Å². The second kappa shape index (κ2) is 6.89. The number of ether oxygens (including phenoxy) is 1. The van der Waals surface area contributed by atoms with Crippen molar-refractivity contribution in [3.63, 3.8) is 0 Å². The zero-order chi connectivity index (χ0) is 17.2. The molecular formula is C15H13NO5S3. The van der Waals surface area contributed by atoms with Crippen molar-refractivity contribution in [1.29, 1.82) is 0 Å². The molecule has 0 amide bonds. The van der Waals surface area contributed by atoms with Crippen LogP contribution in [-0.4, -0.2) is 21.5 Å². The van der Waals surface area contributed by atoms with Gasteiger partial charge in [0, 0.05) is 22.4 Å². The van der Waals surface area contributed by atoms with Gasteiger partial charge in [0.05, 0.1) is 13.4 Å². The van der Waals surface area contributed by atoms with E-state index < -0.39 is 16.0 Å². The number of esters is 1. The molecule has 0 saturated carbocycles. The van der Waals surface area contributed by atoms with Crippen molar-refractivity contribution in [3.05, 3.63) is 51.0 Å². The number of sulfonamides is 1. The molecule has 0 aromatic carbocycles. The Hall–Kier alpha value is -1.94. The van der Waals surface area contributed by atoms with Crippen LogP contribution in [0, 0.1) is 0 Å². The van der Waals surface area contributed by atoms with E-state index in [4.69, 9.17) is 4.42 Å². The zero-order valence-electron chi connectivity index (χ0n) is 12.5. The second-order valence-corrected chi connectivity index (χ2v) is 8.36. The standard InChI is InChI=1S/C15H13NO5S3/c1-20-15(17)14-13(4-6-22-14)24(18,19)16-8-11-7-10(9-23-11)12-3-2-5-21-12/h2-7,9,16H,8H2,1H3. The first-order valence-corrected chi connectivity index (χ1v) is 10.0. The lowest BCUT2D eigenvalue weighted by Crippen LogP contribution is -2.24. The molecule has 6 nitrogen and oxygen atoms in total. The highest BCUT2D eigenvalue weighted by Gasteiger charge is 2.24. The molecule has 0 aliphatic heterocycles. The van der Waals surface area contributed by atoms with E-state index in [1.54, 1.807) is 17.7 Å². The molecule has 0 fully saturated rings. The van der Waals surface area contributed by atoms with Crippen LogP contribution < -0.4 is 4.72 Å². The minimum absolute atomic E-state index is 0.0625. The van der Waals surface area contributed by atoms with Crippen molar-refractivity contribution >= 4 is 38.7 Å². The SMILES string of the molecule is COC(=O)c1sccc1S(=O)(=O)NCc1cc(-c2ccco2)cs1. The van der Waals surface area contributed by atoms with Gasteiger partial charge in [0.2, 0.25) is 10.0 Å². The molecule has 0 unspecified atom stereocenters. The molecule has 0 bridgehead atoms. The third-order valence-electron chi connectivity index (χ3n) is 3.19. The summed E-state index contributed by atoms with van der Waals surface area (Å²) in [5, 5.41) is 3.44. The number of hydrogen-bond acceptors (Lipinski definition) is 7. The molecule has 0 saturated heterocycles. The normalized spacial score (nSPS) is 11.5. The van der Waals surface area contributed by atoms with Crippen molar-refractivity contribution < 1.29 is 22.4 Å². The molecule has 3 heterocycles. The van der Waals surface area contributed by atoms with Gasteiger partial charge in [0.1, 0.15) is 15.5 Å². The van der Waals surface area contributed by atoms with Gasteiger partial charge in [-0.3, -0.25) is 0 Å². The molecule has 0 aliphatic carbocycles. The van der Waals surface area contributed by atoms with Gasteiger partial charge in [-0.25, -0.2) is 17.9 Å². The van der Waals surface area contributed by atoms with Gasteiger partial charge in [-0.2, -0.15) is 0 Å². The van der Waals surface area contributed by atoms with Crippen LogP contribution in [0.3, 0.4) is 0 Å². The molecular weight excluding hydrogens is 370 g/mol. The summed E-state index contributed by atoms with van der Waals surface area (Å²) >= 11 is 2.45. The molecule has 0 spiro atoms. The zero-order valence-corrected chi connectivity index (χ0v) is 15.0. The predicted octanol–water partition coefficient (Wildman–Crippen LogP) is 3.33. The lowest BCUT2D eigenvalue weighted by atomic mass is 10.2. The van der Waals surface area contributed by atoms with Crippen LogP contribution in [0.4, 0.5) is 0 Å². The van der Waals surface area contributed by atoms with Gasteiger partial charge in [-0.1, -0.05) is 0 Å². The monoisotopic (exact) mass is 383 g/mol. The van der Waals surface area contributed by atoms with Gasteiger partial charge in [0.25, 0.3) is 0 Å². The fourth-order valence-corrected chi connectivity index (χ4v) is 5.28. The Morgan fingerprint density at radius 2 is 2.17 bits per heavy atom. The van der Waals surface area contributed by atoms with Crippen LogP contribution >= 0.6 is 22.7 Å². The molecule has 0 radical (unpaired) electrons. The third-order valence-corrected chi connectivity index (χ3v) is 6.59. The Balaban J connectivity index is 1.74. The number of carbonyl (C=O) groups is 1. The number of rotatable bonds is 6. The lowest BCUT2D eigenvalue weighted by molar-refractivity contribution is 0.0602. The summed E-state index contributed by atoms with van der Waals surface area (Å²) in [6.07, 6.45) is 1.58. The molecule has 0 aliphatic rings. The van der Waals surface area contributed by atoms with E-state index in [2.05, 4.69) is 9.46 Å². The average Bonchev–Trinajstić information content (AvgIpc) is 3.32. The summed E-state index contributed by atoms with van der Waals surface area (Å²) < 4.78 is 37.3. The summed E-state index contributed by atoms with van der Waals surface area (Å²) in [5.74, 6) is 0.0628. The Bertz CT molecular complexity index is 938. The summed E-state index contributed by atoms with van der Waals surface area (Å²) in [6, 6.07) is 6.88. The van der Waals surface area contributed by atoms with Crippen molar-refractivity contribution in [1.82, 2.24) is 4.72 Å². The van der Waals surface area contributed by atoms with E-state index in [1.807, 2.05) is 17.5 Å². The summed E-state index contributed by atoms with van der Waals surface area (Å²) in [5.41, 5.74) is 0.894. The molecule has 0 atom stereocenters. The van der Waals surface area contributed by atoms with Gasteiger partial charge < -0.3 is 9.15 Å². The number of nitrogens with one attached hydrogen (secondary N) is 1. The second-order valence-electron chi connectivity index (χ2n) is 4.71. The van der Waals surface area contributed by atoms with E-state index in [-0.39, 0.29) is 16.3 Å². The van der Waals surface area contributed by atoms with Crippen LogP contribution in [0.2, 0.25) is 0 Å². The number of hydrogen-bond donors (Lipinski definition) is 1. The molecule has 24 heavy (non-hydrogen) atoms. The Labute approximate surface area is 146 Å².